The molecule has 1 nitrogen and oxygen atoms in total. The van der Waals surface area contributed by atoms with Crippen molar-refractivity contribution in [3.63, 3.8) is 0 Å². The summed E-state index contributed by atoms with van der Waals surface area (Å²) < 4.78 is 38.1. The molecule has 2 aromatic rings. The molecule has 2 unspecified atom stereocenters. The third-order valence-electron chi connectivity index (χ3n) is 5.02. The monoisotopic (exact) mass is 333 g/mol. The number of hydrogen-bond donors (Lipinski definition) is 1. The molecule has 0 aromatic heterocycles. The van der Waals surface area contributed by atoms with Crippen LogP contribution in [-0.4, -0.2) is 13.6 Å². The second kappa shape index (κ2) is 6.60. The molecule has 0 saturated carbocycles. The standard InChI is InChI=1S/C20H22F3N/c1-13-11-16-12-15(5-8-19(16)18(13)9-10-24-2)14-3-6-17(7-4-14)20(21,22)23/h3-8,12-13,18,24H,9-11H2,1-2H3. The van der Waals surface area contributed by atoms with Gasteiger partial charge in [-0.1, -0.05) is 37.3 Å². The first-order valence-corrected chi connectivity index (χ1v) is 8.35. The van der Waals surface area contributed by atoms with Crippen molar-refractivity contribution < 1.29 is 13.2 Å². The highest BCUT2D eigenvalue weighted by atomic mass is 19.4. The molecule has 4 heteroatoms. The van der Waals surface area contributed by atoms with Gasteiger partial charge in [0.05, 0.1) is 5.56 Å². The van der Waals surface area contributed by atoms with Crippen molar-refractivity contribution in [3.05, 3.63) is 59.2 Å². The van der Waals surface area contributed by atoms with Crippen molar-refractivity contribution in [2.24, 2.45) is 5.92 Å². The molecular formula is C20H22F3N. The van der Waals surface area contributed by atoms with Gasteiger partial charge in [0.15, 0.2) is 0 Å². The fourth-order valence-corrected chi connectivity index (χ4v) is 3.71. The van der Waals surface area contributed by atoms with E-state index < -0.39 is 11.7 Å². The summed E-state index contributed by atoms with van der Waals surface area (Å²) in [5.74, 6) is 1.17. The lowest BCUT2D eigenvalue weighted by molar-refractivity contribution is -0.137. The number of rotatable bonds is 4. The minimum Gasteiger partial charge on any atom is -0.320 e. The summed E-state index contributed by atoms with van der Waals surface area (Å²) in [6, 6.07) is 11.8. The number of hydrogen-bond acceptors (Lipinski definition) is 1. The molecule has 0 bridgehead atoms. The Morgan fingerprint density at radius 1 is 1.04 bits per heavy atom. The van der Waals surface area contributed by atoms with Crippen molar-refractivity contribution >= 4 is 0 Å². The van der Waals surface area contributed by atoms with Gasteiger partial charge in [0.2, 0.25) is 0 Å². The van der Waals surface area contributed by atoms with E-state index in [4.69, 9.17) is 0 Å². The largest absolute Gasteiger partial charge is 0.416 e. The molecule has 0 aliphatic heterocycles. The van der Waals surface area contributed by atoms with E-state index in [0.717, 1.165) is 42.6 Å². The van der Waals surface area contributed by atoms with E-state index in [0.29, 0.717) is 11.8 Å². The van der Waals surface area contributed by atoms with Crippen LogP contribution in [0, 0.1) is 5.92 Å². The number of benzene rings is 2. The highest BCUT2D eigenvalue weighted by Gasteiger charge is 2.31. The van der Waals surface area contributed by atoms with Crippen molar-refractivity contribution in [1.29, 1.82) is 0 Å². The van der Waals surface area contributed by atoms with Gasteiger partial charge in [-0.15, -0.1) is 0 Å². The molecular weight excluding hydrogens is 311 g/mol. The summed E-state index contributed by atoms with van der Waals surface area (Å²) in [5, 5.41) is 3.21. The first-order valence-electron chi connectivity index (χ1n) is 8.35. The smallest absolute Gasteiger partial charge is 0.320 e. The van der Waals surface area contributed by atoms with E-state index in [1.807, 2.05) is 13.1 Å². The first-order chi connectivity index (χ1) is 11.4. The summed E-state index contributed by atoms with van der Waals surface area (Å²) >= 11 is 0. The average Bonchev–Trinajstić information content (AvgIpc) is 2.86. The SMILES string of the molecule is CNCCC1c2ccc(-c3ccc(C(F)(F)F)cc3)cc2CC1C. The summed E-state index contributed by atoms with van der Waals surface area (Å²) in [6.45, 7) is 3.27. The van der Waals surface area contributed by atoms with Crippen molar-refractivity contribution in [2.45, 2.75) is 31.9 Å². The van der Waals surface area contributed by atoms with Crippen molar-refractivity contribution in [1.82, 2.24) is 5.32 Å². The topological polar surface area (TPSA) is 12.0 Å². The van der Waals surface area contributed by atoms with E-state index in [2.05, 4.69) is 24.4 Å². The maximum absolute atomic E-state index is 12.7. The van der Waals surface area contributed by atoms with Gasteiger partial charge in [0, 0.05) is 0 Å². The molecule has 2 aromatic carbocycles. The second-order valence-corrected chi connectivity index (χ2v) is 6.67. The first kappa shape index (κ1) is 17.0. The van der Waals surface area contributed by atoms with Crippen molar-refractivity contribution in [3.8, 4) is 11.1 Å². The Balaban J connectivity index is 1.86. The van der Waals surface area contributed by atoms with Crippen LogP contribution in [0.3, 0.4) is 0 Å². The van der Waals surface area contributed by atoms with Crippen LogP contribution in [0.2, 0.25) is 0 Å². The van der Waals surface area contributed by atoms with Gasteiger partial charge in [-0.05, 0) is 72.7 Å². The summed E-state index contributed by atoms with van der Waals surface area (Å²) in [6.07, 6.45) is -2.13. The van der Waals surface area contributed by atoms with E-state index in [-0.39, 0.29) is 0 Å². The Morgan fingerprint density at radius 2 is 1.71 bits per heavy atom. The third kappa shape index (κ3) is 3.34. The van der Waals surface area contributed by atoms with Gasteiger partial charge in [-0.25, -0.2) is 0 Å². The van der Waals surface area contributed by atoms with Gasteiger partial charge < -0.3 is 5.32 Å². The normalized spacial score (nSPS) is 20.2. The van der Waals surface area contributed by atoms with Crippen LogP contribution in [0.25, 0.3) is 11.1 Å². The molecule has 0 saturated heterocycles. The number of fused-ring (bicyclic) bond motifs is 1. The molecule has 0 amide bonds. The van der Waals surface area contributed by atoms with Gasteiger partial charge in [0.25, 0.3) is 0 Å². The van der Waals surface area contributed by atoms with Crippen LogP contribution in [-0.2, 0) is 12.6 Å². The van der Waals surface area contributed by atoms with Gasteiger partial charge >= 0.3 is 6.18 Å². The molecule has 1 aliphatic rings. The predicted octanol–water partition coefficient (Wildman–Crippen LogP) is 5.26. The lowest BCUT2D eigenvalue weighted by atomic mass is 9.90. The minimum atomic E-state index is -4.29. The molecule has 1 N–H and O–H groups in total. The highest BCUT2D eigenvalue weighted by Crippen LogP contribution is 2.41. The fourth-order valence-electron chi connectivity index (χ4n) is 3.71. The Morgan fingerprint density at radius 3 is 2.33 bits per heavy atom. The Labute approximate surface area is 140 Å². The molecule has 0 heterocycles. The lowest BCUT2D eigenvalue weighted by Crippen LogP contribution is -2.14. The van der Waals surface area contributed by atoms with E-state index in [9.17, 15) is 13.2 Å². The molecule has 0 fully saturated rings. The minimum absolute atomic E-state index is 0.564. The van der Waals surface area contributed by atoms with Crippen LogP contribution in [0.5, 0.6) is 0 Å². The third-order valence-corrected chi connectivity index (χ3v) is 5.02. The van der Waals surface area contributed by atoms with Crippen molar-refractivity contribution in [2.75, 3.05) is 13.6 Å². The van der Waals surface area contributed by atoms with Crippen LogP contribution in [0.15, 0.2) is 42.5 Å². The summed E-state index contributed by atoms with van der Waals surface area (Å²) in [5.41, 5.74) is 3.95. The maximum atomic E-state index is 12.7. The van der Waals surface area contributed by atoms with Gasteiger partial charge in [0.1, 0.15) is 0 Å². The van der Waals surface area contributed by atoms with E-state index in [1.165, 1.54) is 11.1 Å². The van der Waals surface area contributed by atoms with Crippen LogP contribution in [0.1, 0.15) is 36.0 Å². The molecule has 128 valence electrons. The summed E-state index contributed by atoms with van der Waals surface area (Å²) in [4.78, 5) is 0. The van der Waals surface area contributed by atoms with Crippen LogP contribution >= 0.6 is 0 Å². The molecule has 24 heavy (non-hydrogen) atoms. The fraction of sp³-hybridized carbons (Fsp3) is 0.400. The number of nitrogens with one attached hydrogen (secondary N) is 1. The Kier molecular flexibility index (Phi) is 4.68. The number of alkyl halides is 3. The van der Waals surface area contributed by atoms with Gasteiger partial charge in [-0.3, -0.25) is 0 Å². The van der Waals surface area contributed by atoms with E-state index in [1.54, 1.807) is 12.1 Å². The lowest BCUT2D eigenvalue weighted by Gasteiger charge is -2.16. The molecule has 0 radical (unpaired) electrons. The maximum Gasteiger partial charge on any atom is 0.416 e. The summed E-state index contributed by atoms with van der Waals surface area (Å²) in [7, 11) is 1.97. The Bertz CT molecular complexity index is 704. The number of halogens is 3. The average molecular weight is 333 g/mol. The zero-order valence-corrected chi connectivity index (χ0v) is 14.0. The second-order valence-electron chi connectivity index (χ2n) is 6.67. The van der Waals surface area contributed by atoms with Gasteiger partial charge in [-0.2, -0.15) is 13.2 Å². The molecule has 2 atom stereocenters. The molecule has 0 spiro atoms. The van der Waals surface area contributed by atoms with E-state index >= 15 is 0 Å². The molecule has 3 rings (SSSR count). The Hall–Kier alpha value is -1.81. The molecule has 1 aliphatic carbocycles. The van der Waals surface area contributed by atoms with Crippen LogP contribution < -0.4 is 5.32 Å². The zero-order valence-electron chi connectivity index (χ0n) is 14.0. The predicted molar refractivity (Wildman–Crippen MR) is 91.0 cm³/mol. The highest BCUT2D eigenvalue weighted by molar-refractivity contribution is 5.66. The quantitative estimate of drug-likeness (QED) is 0.805. The zero-order chi connectivity index (χ0) is 17.3. The van der Waals surface area contributed by atoms with Crippen LogP contribution in [0.4, 0.5) is 13.2 Å².